The molecule has 3 saturated carbocycles. The van der Waals surface area contributed by atoms with E-state index < -0.39 is 0 Å². The zero-order valence-electron chi connectivity index (χ0n) is 21.8. The Morgan fingerprint density at radius 1 is 0.970 bits per heavy atom. The van der Waals surface area contributed by atoms with Gasteiger partial charge in [-0.15, -0.1) is 0 Å². The van der Waals surface area contributed by atoms with Gasteiger partial charge in [-0.3, -0.25) is 14.5 Å². The van der Waals surface area contributed by atoms with E-state index in [9.17, 15) is 14.4 Å². The molecule has 0 spiro atoms. The first-order valence-corrected chi connectivity index (χ1v) is 13.3. The lowest BCUT2D eigenvalue weighted by atomic mass is 9.47. The van der Waals surface area contributed by atoms with Crippen LogP contribution in [0.5, 0.6) is 0 Å². The lowest BCUT2D eigenvalue weighted by Crippen LogP contribution is -2.61. The quantitative estimate of drug-likeness (QED) is 0.658. The molecule has 4 amide bonds. The van der Waals surface area contributed by atoms with Crippen molar-refractivity contribution in [2.75, 3.05) is 7.05 Å². The molecule has 6 heteroatoms. The van der Waals surface area contributed by atoms with Gasteiger partial charge in [-0.25, -0.2) is 4.79 Å². The van der Waals surface area contributed by atoms with E-state index in [0.29, 0.717) is 36.1 Å². The topological polar surface area (TPSA) is 69.7 Å². The number of hydrogen-bond donors (Lipinski definition) is 1. The number of imide groups is 1. The van der Waals surface area contributed by atoms with Crippen molar-refractivity contribution in [1.29, 1.82) is 0 Å². The highest BCUT2D eigenvalue weighted by Gasteiger charge is 2.62. The molecule has 0 aromatic carbocycles. The molecule has 4 aliphatic rings. The summed E-state index contributed by atoms with van der Waals surface area (Å²) >= 11 is 0. The standard InChI is InChI=1S/C27H45N3O3/c1-16(2)28-25(33)30(17(3)4)24(32)21-10-9-19-18-8-11-22-27(6,15-13-23(31)29(22)7)20(18)12-14-26(19,21)5/h16-22H,8-15H2,1-7H3,(H,28,33)/t18-,19-,20-,21?,22+,26-,27+/m0/s1. The van der Waals surface area contributed by atoms with Gasteiger partial charge in [0.25, 0.3) is 0 Å². The van der Waals surface area contributed by atoms with E-state index in [0.717, 1.165) is 44.9 Å². The first-order chi connectivity index (χ1) is 15.4. The van der Waals surface area contributed by atoms with E-state index in [1.54, 1.807) is 0 Å². The van der Waals surface area contributed by atoms with E-state index in [1.807, 2.05) is 39.6 Å². The van der Waals surface area contributed by atoms with E-state index in [2.05, 4.69) is 19.2 Å². The lowest BCUT2D eigenvalue weighted by molar-refractivity contribution is -0.161. The molecule has 1 N–H and O–H groups in total. The Hall–Kier alpha value is -1.59. The fourth-order valence-corrected chi connectivity index (χ4v) is 8.63. The van der Waals surface area contributed by atoms with Gasteiger partial charge in [0, 0.05) is 37.5 Å². The summed E-state index contributed by atoms with van der Waals surface area (Å²) in [5.41, 5.74) is 0.152. The highest BCUT2D eigenvalue weighted by atomic mass is 16.2. The second-order valence-electron chi connectivity index (χ2n) is 12.6. The number of urea groups is 1. The van der Waals surface area contributed by atoms with E-state index in [-0.39, 0.29) is 40.8 Å². The molecule has 6 nitrogen and oxygen atoms in total. The molecule has 0 aromatic rings. The lowest BCUT2D eigenvalue weighted by Gasteiger charge is -2.61. The average Bonchev–Trinajstić information content (AvgIpc) is 3.07. The van der Waals surface area contributed by atoms with Crippen molar-refractivity contribution in [2.45, 2.75) is 111 Å². The van der Waals surface area contributed by atoms with Crippen LogP contribution in [-0.4, -0.2) is 52.8 Å². The third kappa shape index (κ3) is 3.80. The Morgan fingerprint density at radius 2 is 1.64 bits per heavy atom. The Labute approximate surface area is 200 Å². The largest absolute Gasteiger partial charge is 0.342 e. The number of amides is 4. The number of likely N-dealkylation sites (tertiary alicyclic amines) is 1. The Morgan fingerprint density at radius 3 is 2.27 bits per heavy atom. The number of hydrogen-bond acceptors (Lipinski definition) is 3. The summed E-state index contributed by atoms with van der Waals surface area (Å²) in [6.07, 6.45) is 8.07. The SMILES string of the molecule is CC(C)NC(=O)N(C(=O)C1CC[C@H]2[C@@H]3CC[C@H]4N(C)C(=O)CC[C@]4(C)[C@H]3CC[C@]12C)C(C)C. The molecule has 1 saturated heterocycles. The molecule has 7 atom stereocenters. The van der Waals surface area contributed by atoms with Crippen LogP contribution < -0.4 is 5.32 Å². The van der Waals surface area contributed by atoms with Gasteiger partial charge in [0.2, 0.25) is 11.8 Å². The van der Waals surface area contributed by atoms with Gasteiger partial charge in [0.15, 0.2) is 0 Å². The molecule has 0 aromatic heterocycles. The minimum atomic E-state index is -0.256. The van der Waals surface area contributed by atoms with E-state index >= 15 is 0 Å². The summed E-state index contributed by atoms with van der Waals surface area (Å²) in [5.74, 6) is 2.04. The molecule has 186 valence electrons. The molecular formula is C27H45N3O3. The van der Waals surface area contributed by atoms with Gasteiger partial charge < -0.3 is 10.2 Å². The molecule has 0 bridgehead atoms. The first kappa shape index (κ1) is 24.5. The minimum Gasteiger partial charge on any atom is -0.342 e. The van der Waals surface area contributed by atoms with Crippen LogP contribution in [-0.2, 0) is 9.59 Å². The van der Waals surface area contributed by atoms with Crippen molar-refractivity contribution in [3.63, 3.8) is 0 Å². The first-order valence-electron chi connectivity index (χ1n) is 13.3. The predicted molar refractivity (Wildman–Crippen MR) is 129 cm³/mol. The van der Waals surface area contributed by atoms with Gasteiger partial charge in [0.1, 0.15) is 0 Å². The smallest absolute Gasteiger partial charge is 0.324 e. The maximum absolute atomic E-state index is 13.8. The van der Waals surface area contributed by atoms with Crippen LogP contribution in [0.1, 0.15) is 92.9 Å². The highest BCUT2D eigenvalue weighted by molar-refractivity contribution is 5.96. The van der Waals surface area contributed by atoms with Crippen LogP contribution >= 0.6 is 0 Å². The molecule has 1 heterocycles. The van der Waals surface area contributed by atoms with Crippen molar-refractivity contribution in [3.05, 3.63) is 0 Å². The second-order valence-corrected chi connectivity index (χ2v) is 12.6. The molecular weight excluding hydrogens is 414 g/mol. The van der Waals surface area contributed by atoms with E-state index in [1.165, 1.54) is 4.90 Å². The summed E-state index contributed by atoms with van der Waals surface area (Å²) in [6, 6.07) is -0.0433. The predicted octanol–water partition coefficient (Wildman–Crippen LogP) is 4.82. The molecule has 1 unspecified atom stereocenters. The number of carbonyl (C=O) groups excluding carboxylic acids is 3. The van der Waals surface area contributed by atoms with Gasteiger partial charge in [-0.1, -0.05) is 13.8 Å². The van der Waals surface area contributed by atoms with Crippen molar-refractivity contribution in [2.24, 2.45) is 34.5 Å². The highest BCUT2D eigenvalue weighted by Crippen LogP contribution is 2.66. The molecule has 33 heavy (non-hydrogen) atoms. The number of piperidine rings is 1. The van der Waals surface area contributed by atoms with Crippen LogP contribution in [0.3, 0.4) is 0 Å². The molecule has 0 radical (unpaired) electrons. The van der Waals surface area contributed by atoms with Gasteiger partial charge in [-0.2, -0.15) is 0 Å². The fourth-order valence-electron chi connectivity index (χ4n) is 8.63. The minimum absolute atomic E-state index is 0.00494. The Bertz CT molecular complexity index is 810. The van der Waals surface area contributed by atoms with Crippen LogP contribution in [0.25, 0.3) is 0 Å². The van der Waals surface area contributed by atoms with E-state index in [4.69, 9.17) is 0 Å². The molecule has 4 fully saturated rings. The summed E-state index contributed by atoms with van der Waals surface area (Å²) in [6.45, 7) is 12.5. The third-order valence-corrected chi connectivity index (χ3v) is 10.2. The summed E-state index contributed by atoms with van der Waals surface area (Å²) in [7, 11) is 2.00. The zero-order valence-corrected chi connectivity index (χ0v) is 21.8. The number of rotatable bonds is 3. The summed E-state index contributed by atoms with van der Waals surface area (Å²) in [4.78, 5) is 42.7. The number of carbonyl (C=O) groups is 3. The number of nitrogens with zero attached hydrogens (tertiary/aromatic N) is 2. The number of nitrogens with one attached hydrogen (secondary N) is 1. The summed E-state index contributed by atoms with van der Waals surface area (Å²) in [5, 5.41) is 2.94. The van der Waals surface area contributed by atoms with Crippen LogP contribution in [0.2, 0.25) is 0 Å². The zero-order chi connectivity index (χ0) is 24.3. The van der Waals surface area contributed by atoms with Crippen molar-refractivity contribution >= 4 is 17.8 Å². The fraction of sp³-hybridized carbons (Fsp3) is 0.889. The number of fused-ring (bicyclic) bond motifs is 5. The molecule has 3 aliphatic carbocycles. The monoisotopic (exact) mass is 459 g/mol. The molecule has 1 aliphatic heterocycles. The van der Waals surface area contributed by atoms with Crippen LogP contribution in [0, 0.1) is 34.5 Å². The van der Waals surface area contributed by atoms with Crippen LogP contribution in [0.4, 0.5) is 4.79 Å². The maximum Gasteiger partial charge on any atom is 0.324 e. The van der Waals surface area contributed by atoms with Gasteiger partial charge in [0.05, 0.1) is 0 Å². The third-order valence-electron chi connectivity index (χ3n) is 10.2. The Balaban J connectivity index is 1.56. The summed E-state index contributed by atoms with van der Waals surface area (Å²) < 4.78 is 0. The molecule has 4 rings (SSSR count). The van der Waals surface area contributed by atoms with Crippen molar-refractivity contribution in [3.8, 4) is 0 Å². The van der Waals surface area contributed by atoms with Crippen molar-refractivity contribution in [1.82, 2.24) is 15.1 Å². The second kappa shape index (κ2) is 8.57. The maximum atomic E-state index is 13.8. The normalized spacial score (nSPS) is 40.3. The average molecular weight is 460 g/mol. The Kier molecular flexibility index (Phi) is 6.37. The van der Waals surface area contributed by atoms with Crippen molar-refractivity contribution < 1.29 is 14.4 Å². The van der Waals surface area contributed by atoms with Crippen LogP contribution in [0.15, 0.2) is 0 Å². The van der Waals surface area contributed by atoms with Gasteiger partial charge >= 0.3 is 6.03 Å². The van der Waals surface area contributed by atoms with Gasteiger partial charge in [-0.05, 0) is 101 Å².